The van der Waals surface area contributed by atoms with Gasteiger partial charge >= 0.3 is 0 Å². The number of nitrogens with two attached hydrogens (primary N) is 1. The van der Waals surface area contributed by atoms with Crippen LogP contribution in [0.3, 0.4) is 0 Å². The lowest BCUT2D eigenvalue weighted by Gasteiger charge is -2.06. The van der Waals surface area contributed by atoms with Gasteiger partial charge in [-0.3, -0.25) is 0 Å². The van der Waals surface area contributed by atoms with E-state index in [0.717, 1.165) is 22.8 Å². The molecule has 9 heteroatoms. The average molecular weight is 464 g/mol. The number of guanidine groups is 1. The lowest BCUT2D eigenvalue weighted by atomic mass is 10.3. The van der Waals surface area contributed by atoms with Gasteiger partial charge in [-0.25, -0.2) is 5.43 Å². The molecule has 0 atom stereocenters. The Morgan fingerprint density at radius 2 is 1.25 bits per heavy atom. The number of hydrogen-bond acceptors (Lipinski definition) is 3. The van der Waals surface area contributed by atoms with Gasteiger partial charge in [0.1, 0.15) is 0 Å². The summed E-state index contributed by atoms with van der Waals surface area (Å²) in [6, 6.07) is 22.7. The van der Waals surface area contributed by atoms with Gasteiger partial charge in [-0.2, -0.15) is 10.2 Å². The first-order valence-corrected chi connectivity index (χ1v) is 10.4. The SMILES string of the molecule is NC(=NN=Cc1cccn1-c1ccc(Cl)cc1)NN=Cc1cccn1-c1ccc(Cl)cc1. The van der Waals surface area contributed by atoms with Crippen LogP contribution in [0.25, 0.3) is 11.4 Å². The van der Waals surface area contributed by atoms with Crippen LogP contribution in [0.4, 0.5) is 0 Å². The highest BCUT2D eigenvalue weighted by Crippen LogP contribution is 2.16. The molecule has 2 aromatic carbocycles. The zero-order valence-electron chi connectivity index (χ0n) is 16.8. The van der Waals surface area contributed by atoms with Crippen LogP contribution >= 0.6 is 23.2 Å². The summed E-state index contributed by atoms with van der Waals surface area (Å²) in [7, 11) is 0. The van der Waals surface area contributed by atoms with Gasteiger partial charge in [0.2, 0.25) is 5.96 Å². The third-order valence-electron chi connectivity index (χ3n) is 4.50. The van der Waals surface area contributed by atoms with Gasteiger partial charge in [0.15, 0.2) is 0 Å². The number of rotatable bonds is 6. The van der Waals surface area contributed by atoms with Crippen LogP contribution in [-0.4, -0.2) is 27.5 Å². The second-order valence-corrected chi connectivity index (χ2v) is 7.53. The normalized spacial score (nSPS) is 12.1. The maximum Gasteiger partial charge on any atom is 0.234 e. The number of nitrogens with zero attached hydrogens (tertiary/aromatic N) is 5. The molecular formula is C23H19Cl2N7. The van der Waals surface area contributed by atoms with Crippen LogP contribution in [0.5, 0.6) is 0 Å². The molecule has 0 fully saturated rings. The molecule has 0 aliphatic heterocycles. The zero-order valence-corrected chi connectivity index (χ0v) is 18.3. The maximum atomic E-state index is 5.96. The summed E-state index contributed by atoms with van der Waals surface area (Å²) in [4.78, 5) is 0. The number of hydrazone groups is 1. The summed E-state index contributed by atoms with van der Waals surface area (Å²) in [5.41, 5.74) is 12.2. The van der Waals surface area contributed by atoms with Gasteiger partial charge in [-0.15, -0.1) is 5.10 Å². The van der Waals surface area contributed by atoms with Gasteiger partial charge in [0, 0.05) is 33.8 Å². The molecule has 4 rings (SSSR count). The van der Waals surface area contributed by atoms with Gasteiger partial charge in [-0.05, 0) is 72.8 Å². The molecule has 0 saturated heterocycles. The molecule has 0 spiro atoms. The quantitative estimate of drug-likeness (QED) is 0.243. The molecular weight excluding hydrogens is 445 g/mol. The molecule has 2 aromatic heterocycles. The van der Waals surface area contributed by atoms with Crippen LogP contribution in [0.15, 0.2) is 100 Å². The van der Waals surface area contributed by atoms with E-state index in [1.54, 1.807) is 12.4 Å². The first-order chi connectivity index (χ1) is 15.6. The van der Waals surface area contributed by atoms with Crippen molar-refractivity contribution in [2.45, 2.75) is 0 Å². The van der Waals surface area contributed by atoms with E-state index < -0.39 is 0 Å². The standard InChI is InChI=1S/C23H19Cl2N7/c24-17-5-9-19(10-6-17)31-13-1-3-21(31)15-27-29-23(26)30-28-16-22-4-2-14-32(22)20-11-7-18(25)8-12-20/h1-16H,(H3,26,29,30). The summed E-state index contributed by atoms with van der Waals surface area (Å²) in [6.07, 6.45) is 7.11. The summed E-state index contributed by atoms with van der Waals surface area (Å²) < 4.78 is 3.93. The van der Waals surface area contributed by atoms with Crippen LogP contribution in [0, 0.1) is 0 Å². The van der Waals surface area contributed by atoms with E-state index in [1.807, 2.05) is 94.3 Å². The predicted octanol–water partition coefficient (Wildman–Crippen LogP) is 4.85. The number of halogens is 2. The summed E-state index contributed by atoms with van der Waals surface area (Å²) in [6.45, 7) is 0. The molecule has 4 aromatic rings. The smallest absolute Gasteiger partial charge is 0.234 e. The topological polar surface area (TPSA) is 85.0 Å². The van der Waals surface area contributed by atoms with E-state index in [2.05, 4.69) is 20.7 Å². The van der Waals surface area contributed by atoms with Gasteiger partial charge in [0.05, 0.1) is 23.8 Å². The number of benzene rings is 2. The minimum atomic E-state index is 0.0618. The largest absolute Gasteiger partial charge is 0.367 e. The summed E-state index contributed by atoms with van der Waals surface area (Å²) >= 11 is 11.9. The van der Waals surface area contributed by atoms with E-state index >= 15 is 0 Å². The van der Waals surface area contributed by atoms with Crippen molar-refractivity contribution in [3.63, 3.8) is 0 Å². The first kappa shape index (κ1) is 21.4. The first-order valence-electron chi connectivity index (χ1n) is 9.62. The molecule has 0 unspecified atom stereocenters. The van der Waals surface area contributed by atoms with Crippen molar-refractivity contribution in [2.75, 3.05) is 0 Å². The fourth-order valence-corrected chi connectivity index (χ4v) is 3.26. The molecule has 32 heavy (non-hydrogen) atoms. The van der Waals surface area contributed by atoms with Crippen molar-refractivity contribution in [2.24, 2.45) is 21.0 Å². The highest BCUT2D eigenvalue weighted by molar-refractivity contribution is 6.30. The highest BCUT2D eigenvalue weighted by Gasteiger charge is 2.02. The Morgan fingerprint density at radius 1 is 0.750 bits per heavy atom. The minimum Gasteiger partial charge on any atom is -0.367 e. The molecule has 0 aliphatic rings. The van der Waals surface area contributed by atoms with Gasteiger partial charge in [-0.1, -0.05) is 23.2 Å². The van der Waals surface area contributed by atoms with Gasteiger partial charge < -0.3 is 14.9 Å². The molecule has 0 bridgehead atoms. The molecule has 7 nitrogen and oxygen atoms in total. The Morgan fingerprint density at radius 3 is 1.78 bits per heavy atom. The van der Waals surface area contributed by atoms with Crippen molar-refractivity contribution in [3.8, 4) is 11.4 Å². The molecule has 0 saturated carbocycles. The fraction of sp³-hybridized carbons (Fsp3) is 0. The van der Waals surface area contributed by atoms with E-state index in [-0.39, 0.29) is 5.96 Å². The number of hydrogen-bond donors (Lipinski definition) is 2. The van der Waals surface area contributed by atoms with Crippen molar-refractivity contribution < 1.29 is 0 Å². The van der Waals surface area contributed by atoms with Crippen molar-refractivity contribution >= 4 is 41.6 Å². The highest BCUT2D eigenvalue weighted by atomic mass is 35.5. The fourth-order valence-electron chi connectivity index (χ4n) is 3.01. The Labute approximate surface area is 195 Å². The molecule has 0 amide bonds. The Balaban J connectivity index is 1.40. The third kappa shape index (κ3) is 5.26. The molecule has 160 valence electrons. The number of nitrogens with one attached hydrogen (secondary N) is 1. The molecule has 3 N–H and O–H groups in total. The zero-order chi connectivity index (χ0) is 22.3. The van der Waals surface area contributed by atoms with Gasteiger partial charge in [0.25, 0.3) is 0 Å². The van der Waals surface area contributed by atoms with Crippen LogP contribution in [0.2, 0.25) is 10.0 Å². The van der Waals surface area contributed by atoms with Crippen molar-refractivity contribution in [3.05, 3.63) is 107 Å². The number of aromatic nitrogens is 2. The lowest BCUT2D eigenvalue weighted by molar-refractivity contribution is 0.984. The summed E-state index contributed by atoms with van der Waals surface area (Å²) in [5.74, 6) is 0.0618. The second-order valence-electron chi connectivity index (χ2n) is 6.66. The van der Waals surface area contributed by atoms with E-state index in [0.29, 0.717) is 10.0 Å². The van der Waals surface area contributed by atoms with Crippen LogP contribution in [0.1, 0.15) is 11.4 Å². The second kappa shape index (κ2) is 10.00. The minimum absolute atomic E-state index is 0.0618. The van der Waals surface area contributed by atoms with E-state index in [1.165, 1.54) is 0 Å². The third-order valence-corrected chi connectivity index (χ3v) is 5.01. The lowest BCUT2D eigenvalue weighted by Crippen LogP contribution is -2.26. The maximum absolute atomic E-state index is 5.96. The Hall–Kier alpha value is -3.81. The Kier molecular flexibility index (Phi) is 6.69. The predicted molar refractivity (Wildman–Crippen MR) is 132 cm³/mol. The monoisotopic (exact) mass is 463 g/mol. The van der Waals surface area contributed by atoms with Crippen molar-refractivity contribution in [1.29, 1.82) is 0 Å². The molecule has 2 heterocycles. The summed E-state index contributed by atoms with van der Waals surface area (Å²) in [5, 5.41) is 13.5. The Bertz CT molecular complexity index is 1270. The molecule has 0 aliphatic carbocycles. The average Bonchev–Trinajstić information content (AvgIpc) is 3.45. The molecule has 0 radical (unpaired) electrons. The van der Waals surface area contributed by atoms with E-state index in [9.17, 15) is 0 Å². The van der Waals surface area contributed by atoms with Crippen LogP contribution in [-0.2, 0) is 0 Å². The van der Waals surface area contributed by atoms with Crippen LogP contribution < -0.4 is 11.2 Å². The van der Waals surface area contributed by atoms with Crippen molar-refractivity contribution in [1.82, 2.24) is 14.6 Å². The van der Waals surface area contributed by atoms with E-state index in [4.69, 9.17) is 28.9 Å².